The Bertz CT molecular complexity index is 442. The van der Waals surface area contributed by atoms with E-state index in [1.807, 2.05) is 24.3 Å². The fraction of sp³-hybridized carbons (Fsp3) is 0.647. The Kier molecular flexibility index (Phi) is 5.48. The molecule has 4 heteroatoms. The molecule has 0 bridgehead atoms. The molecule has 0 aliphatic carbocycles. The standard InChI is InChI=1S/C17H27NO3/c1-17(2,3)18-11-15-8-9-16(21-15)12-20-14-7-5-6-13(10-14)19-4/h5-7,10,15-16,18H,8-9,11-12H2,1-4H3. The molecule has 0 amide bonds. The fourth-order valence-corrected chi connectivity index (χ4v) is 2.35. The SMILES string of the molecule is COc1cccc(OCC2CCC(CNC(C)(C)C)O2)c1. The number of benzene rings is 1. The molecule has 1 fully saturated rings. The van der Waals surface area contributed by atoms with Crippen LogP contribution in [-0.2, 0) is 4.74 Å². The Balaban J connectivity index is 1.72. The molecule has 1 aliphatic rings. The van der Waals surface area contributed by atoms with Gasteiger partial charge in [-0.2, -0.15) is 0 Å². The van der Waals surface area contributed by atoms with Crippen LogP contribution in [0.4, 0.5) is 0 Å². The van der Waals surface area contributed by atoms with Crippen LogP contribution in [0.1, 0.15) is 33.6 Å². The summed E-state index contributed by atoms with van der Waals surface area (Å²) in [7, 11) is 1.66. The molecule has 0 spiro atoms. The van der Waals surface area contributed by atoms with Crippen LogP contribution in [0.25, 0.3) is 0 Å². The molecule has 2 atom stereocenters. The lowest BCUT2D eigenvalue weighted by atomic mass is 10.1. The zero-order chi connectivity index (χ0) is 15.3. The maximum atomic E-state index is 6.02. The van der Waals surface area contributed by atoms with E-state index in [4.69, 9.17) is 14.2 Å². The molecule has 1 N–H and O–H groups in total. The highest BCUT2D eigenvalue weighted by molar-refractivity contribution is 5.32. The van der Waals surface area contributed by atoms with Gasteiger partial charge in [0, 0.05) is 18.2 Å². The van der Waals surface area contributed by atoms with Crippen LogP contribution in [0.15, 0.2) is 24.3 Å². The molecular weight excluding hydrogens is 266 g/mol. The molecule has 1 aromatic carbocycles. The smallest absolute Gasteiger partial charge is 0.123 e. The predicted molar refractivity (Wildman–Crippen MR) is 84.1 cm³/mol. The number of methoxy groups -OCH3 is 1. The third-order valence-corrected chi connectivity index (χ3v) is 3.53. The Labute approximate surface area is 127 Å². The van der Waals surface area contributed by atoms with Crippen LogP contribution in [0.2, 0.25) is 0 Å². The summed E-state index contributed by atoms with van der Waals surface area (Å²) in [5.74, 6) is 1.64. The molecule has 118 valence electrons. The van der Waals surface area contributed by atoms with E-state index in [1.54, 1.807) is 7.11 Å². The molecule has 1 heterocycles. The van der Waals surface area contributed by atoms with Gasteiger partial charge in [0.15, 0.2) is 0 Å². The summed E-state index contributed by atoms with van der Waals surface area (Å²) in [6.45, 7) is 8.01. The summed E-state index contributed by atoms with van der Waals surface area (Å²) < 4.78 is 17.0. The molecule has 2 rings (SSSR count). The van der Waals surface area contributed by atoms with Crippen molar-refractivity contribution < 1.29 is 14.2 Å². The van der Waals surface area contributed by atoms with Crippen molar-refractivity contribution in [1.82, 2.24) is 5.32 Å². The maximum absolute atomic E-state index is 6.02. The van der Waals surface area contributed by atoms with Gasteiger partial charge in [0.25, 0.3) is 0 Å². The second kappa shape index (κ2) is 7.14. The van der Waals surface area contributed by atoms with Crippen molar-refractivity contribution in [3.63, 3.8) is 0 Å². The van der Waals surface area contributed by atoms with Gasteiger partial charge in [0.2, 0.25) is 0 Å². The highest BCUT2D eigenvalue weighted by Crippen LogP contribution is 2.23. The molecule has 0 saturated carbocycles. The van der Waals surface area contributed by atoms with Crippen molar-refractivity contribution in [2.45, 2.75) is 51.4 Å². The molecule has 4 nitrogen and oxygen atoms in total. The first-order chi connectivity index (χ1) is 9.96. The third kappa shape index (κ3) is 5.56. The van der Waals surface area contributed by atoms with Gasteiger partial charge < -0.3 is 19.5 Å². The molecule has 21 heavy (non-hydrogen) atoms. The minimum atomic E-state index is 0.137. The van der Waals surface area contributed by atoms with Crippen molar-refractivity contribution >= 4 is 0 Å². The van der Waals surface area contributed by atoms with E-state index >= 15 is 0 Å². The van der Waals surface area contributed by atoms with E-state index in [9.17, 15) is 0 Å². The molecule has 1 saturated heterocycles. The van der Waals surface area contributed by atoms with E-state index in [0.717, 1.165) is 30.9 Å². The number of rotatable bonds is 6. The van der Waals surface area contributed by atoms with Crippen molar-refractivity contribution in [2.24, 2.45) is 0 Å². The Morgan fingerprint density at radius 3 is 2.62 bits per heavy atom. The normalized spacial score (nSPS) is 22.3. The topological polar surface area (TPSA) is 39.7 Å². The summed E-state index contributed by atoms with van der Waals surface area (Å²) in [5, 5.41) is 3.49. The van der Waals surface area contributed by atoms with Crippen LogP contribution >= 0.6 is 0 Å². The maximum Gasteiger partial charge on any atom is 0.123 e. The Hall–Kier alpha value is -1.26. The predicted octanol–water partition coefficient (Wildman–Crippen LogP) is 3.01. The van der Waals surface area contributed by atoms with E-state index in [-0.39, 0.29) is 11.6 Å². The second-order valence-electron chi connectivity index (χ2n) is 6.58. The largest absolute Gasteiger partial charge is 0.497 e. The molecule has 2 unspecified atom stereocenters. The van der Waals surface area contributed by atoms with Gasteiger partial charge in [-0.1, -0.05) is 6.07 Å². The number of hydrogen-bond acceptors (Lipinski definition) is 4. The molecule has 1 aromatic rings. The molecule has 1 aliphatic heterocycles. The quantitative estimate of drug-likeness (QED) is 0.875. The number of ether oxygens (including phenoxy) is 3. The third-order valence-electron chi connectivity index (χ3n) is 3.53. The average molecular weight is 293 g/mol. The molecule has 0 aromatic heterocycles. The zero-order valence-corrected chi connectivity index (χ0v) is 13.5. The summed E-state index contributed by atoms with van der Waals surface area (Å²) in [6.07, 6.45) is 2.63. The minimum Gasteiger partial charge on any atom is -0.497 e. The Morgan fingerprint density at radius 1 is 1.19 bits per heavy atom. The average Bonchev–Trinajstić information content (AvgIpc) is 2.90. The lowest BCUT2D eigenvalue weighted by Crippen LogP contribution is -2.41. The van der Waals surface area contributed by atoms with Gasteiger partial charge in [0.05, 0.1) is 19.3 Å². The van der Waals surface area contributed by atoms with E-state index < -0.39 is 0 Å². The van der Waals surface area contributed by atoms with Crippen molar-refractivity contribution in [3.05, 3.63) is 24.3 Å². The van der Waals surface area contributed by atoms with E-state index in [2.05, 4.69) is 26.1 Å². The first kappa shape index (κ1) is 16.1. The lowest BCUT2D eigenvalue weighted by molar-refractivity contribution is 0.0161. The van der Waals surface area contributed by atoms with Gasteiger partial charge >= 0.3 is 0 Å². The summed E-state index contributed by atoms with van der Waals surface area (Å²) in [5.41, 5.74) is 0.137. The molecule has 0 radical (unpaired) electrons. The lowest BCUT2D eigenvalue weighted by Gasteiger charge is -2.23. The summed E-state index contributed by atoms with van der Waals surface area (Å²) in [6, 6.07) is 7.68. The fourth-order valence-electron chi connectivity index (χ4n) is 2.35. The number of nitrogens with one attached hydrogen (secondary N) is 1. The van der Waals surface area contributed by atoms with E-state index in [1.165, 1.54) is 0 Å². The highest BCUT2D eigenvalue weighted by atomic mass is 16.5. The van der Waals surface area contributed by atoms with Crippen LogP contribution in [-0.4, -0.2) is 38.0 Å². The monoisotopic (exact) mass is 293 g/mol. The van der Waals surface area contributed by atoms with Gasteiger partial charge in [-0.15, -0.1) is 0 Å². The second-order valence-corrected chi connectivity index (χ2v) is 6.58. The van der Waals surface area contributed by atoms with Gasteiger partial charge in [-0.3, -0.25) is 0 Å². The van der Waals surface area contributed by atoms with Crippen LogP contribution in [0.5, 0.6) is 11.5 Å². The van der Waals surface area contributed by atoms with Crippen molar-refractivity contribution in [1.29, 1.82) is 0 Å². The first-order valence-corrected chi connectivity index (χ1v) is 7.63. The minimum absolute atomic E-state index is 0.137. The van der Waals surface area contributed by atoms with Gasteiger partial charge in [0.1, 0.15) is 18.1 Å². The Morgan fingerprint density at radius 2 is 1.90 bits per heavy atom. The highest BCUT2D eigenvalue weighted by Gasteiger charge is 2.26. The van der Waals surface area contributed by atoms with Crippen LogP contribution in [0.3, 0.4) is 0 Å². The zero-order valence-electron chi connectivity index (χ0n) is 13.5. The van der Waals surface area contributed by atoms with E-state index in [0.29, 0.717) is 12.7 Å². The van der Waals surface area contributed by atoms with Crippen molar-refractivity contribution in [2.75, 3.05) is 20.3 Å². The van der Waals surface area contributed by atoms with Crippen molar-refractivity contribution in [3.8, 4) is 11.5 Å². The van der Waals surface area contributed by atoms with Crippen LogP contribution < -0.4 is 14.8 Å². The van der Waals surface area contributed by atoms with Gasteiger partial charge in [-0.25, -0.2) is 0 Å². The summed E-state index contributed by atoms with van der Waals surface area (Å²) in [4.78, 5) is 0. The first-order valence-electron chi connectivity index (χ1n) is 7.63. The van der Waals surface area contributed by atoms with Gasteiger partial charge in [-0.05, 0) is 45.7 Å². The molecular formula is C17H27NO3. The van der Waals surface area contributed by atoms with Crippen LogP contribution in [0, 0.1) is 0 Å². The summed E-state index contributed by atoms with van der Waals surface area (Å²) >= 11 is 0. The number of hydrogen-bond donors (Lipinski definition) is 1.